The monoisotopic (exact) mass is 326 g/mol. The van der Waals surface area contributed by atoms with Crippen molar-refractivity contribution >= 4 is 28.5 Å². The second-order valence-corrected chi connectivity index (χ2v) is 3.64. The van der Waals surface area contributed by atoms with Crippen LogP contribution >= 0.6 is 22.6 Å². The highest BCUT2D eigenvalue weighted by atomic mass is 127. The summed E-state index contributed by atoms with van der Waals surface area (Å²) in [5.41, 5.74) is 0. The smallest absolute Gasteiger partial charge is 0.390 e. The van der Waals surface area contributed by atoms with Gasteiger partial charge >= 0.3 is 5.95 Å². The fourth-order valence-electron chi connectivity index (χ4n) is 1.13. The number of halogens is 1. The number of rotatable bonds is 6. The first-order valence-corrected chi connectivity index (χ1v) is 5.78. The van der Waals surface area contributed by atoms with Crippen LogP contribution in [0.1, 0.15) is 0 Å². The molecule has 1 aromatic rings. The van der Waals surface area contributed by atoms with Gasteiger partial charge in [-0.05, 0) is 4.92 Å². The van der Waals surface area contributed by atoms with Crippen LogP contribution in [-0.4, -0.2) is 36.8 Å². The van der Waals surface area contributed by atoms with E-state index in [2.05, 4.69) is 32.9 Å². The number of aliphatic hydroxyl groups excluding tert-OH is 1. The first-order chi connectivity index (χ1) is 7.15. The third-order valence-corrected chi connectivity index (χ3v) is 2.28. The molecule has 1 rings (SSSR count). The molecular weight excluding hydrogens is 315 g/mol. The number of hydrogen-bond donors (Lipinski definition) is 2. The van der Waals surface area contributed by atoms with Crippen molar-refractivity contribution in [3.8, 4) is 0 Å². The fourth-order valence-corrected chi connectivity index (χ4v) is 1.44. The zero-order valence-corrected chi connectivity index (χ0v) is 9.99. The molecule has 1 atom stereocenters. The Balaban J connectivity index is 2.56. The van der Waals surface area contributed by atoms with E-state index in [0.717, 1.165) is 4.55 Å². The molecule has 8 heteroatoms. The molecule has 0 saturated heterocycles. The number of alkyl halides is 1. The highest BCUT2D eigenvalue weighted by Crippen LogP contribution is 2.07. The molecule has 0 aliphatic rings. The number of aromatic nitrogens is 2. The summed E-state index contributed by atoms with van der Waals surface area (Å²) in [5, 5.41) is 23.0. The Morgan fingerprint density at radius 1 is 1.80 bits per heavy atom. The summed E-state index contributed by atoms with van der Waals surface area (Å²) in [6.07, 6.45) is 2.16. The summed E-state index contributed by atoms with van der Waals surface area (Å²) in [4.78, 5) is 13.5. The van der Waals surface area contributed by atoms with Crippen LogP contribution in [0.5, 0.6) is 0 Å². The molecule has 1 heterocycles. The van der Waals surface area contributed by atoms with Gasteiger partial charge in [-0.3, -0.25) is 0 Å². The molecule has 1 unspecified atom stereocenters. The summed E-state index contributed by atoms with van der Waals surface area (Å²) in [7, 11) is 0. The van der Waals surface area contributed by atoms with Crippen molar-refractivity contribution in [2.45, 2.75) is 12.6 Å². The molecule has 0 aliphatic heterocycles. The lowest BCUT2D eigenvalue weighted by Crippen LogP contribution is -2.29. The van der Waals surface area contributed by atoms with Crippen molar-refractivity contribution in [2.24, 2.45) is 0 Å². The summed E-state index contributed by atoms with van der Waals surface area (Å²) in [6, 6.07) is 0. The molecule has 0 bridgehead atoms. The second-order valence-electron chi connectivity index (χ2n) is 2.88. The van der Waals surface area contributed by atoms with Gasteiger partial charge in [0.25, 0.3) is 0 Å². The summed E-state index contributed by atoms with van der Waals surface area (Å²) >= 11 is 2.12. The largest absolute Gasteiger partial charge is 0.434 e. The van der Waals surface area contributed by atoms with Crippen LogP contribution in [-0.2, 0) is 6.54 Å². The van der Waals surface area contributed by atoms with E-state index in [0.29, 0.717) is 6.54 Å². The SMILES string of the molecule is O=[N+]([O-])c1nccn1CC(O)CNCI. The van der Waals surface area contributed by atoms with Crippen molar-refractivity contribution in [1.29, 1.82) is 0 Å². The van der Waals surface area contributed by atoms with Gasteiger partial charge in [-0.25, -0.2) is 4.57 Å². The van der Waals surface area contributed by atoms with Crippen molar-refractivity contribution in [3.63, 3.8) is 0 Å². The minimum atomic E-state index is -0.660. The van der Waals surface area contributed by atoms with E-state index in [1.165, 1.54) is 17.0 Å². The third kappa shape index (κ3) is 3.72. The molecule has 0 saturated carbocycles. The van der Waals surface area contributed by atoms with Gasteiger partial charge in [-0.1, -0.05) is 27.6 Å². The van der Waals surface area contributed by atoms with Gasteiger partial charge in [0.05, 0.1) is 12.6 Å². The Hall–Kier alpha value is -0.740. The number of nitro groups is 1. The van der Waals surface area contributed by atoms with Crippen molar-refractivity contribution in [3.05, 3.63) is 22.5 Å². The maximum atomic E-state index is 10.5. The molecule has 2 N–H and O–H groups in total. The van der Waals surface area contributed by atoms with E-state index >= 15 is 0 Å². The van der Waals surface area contributed by atoms with Crippen molar-refractivity contribution in [1.82, 2.24) is 14.9 Å². The molecule has 15 heavy (non-hydrogen) atoms. The van der Waals surface area contributed by atoms with E-state index in [1.807, 2.05) is 0 Å². The Bertz CT molecular complexity index is 330. The van der Waals surface area contributed by atoms with Gasteiger partial charge in [0.15, 0.2) is 0 Å². The van der Waals surface area contributed by atoms with E-state index < -0.39 is 11.0 Å². The van der Waals surface area contributed by atoms with Gasteiger partial charge in [0.1, 0.15) is 12.4 Å². The molecule has 0 amide bonds. The Kier molecular flexibility index (Phi) is 4.91. The van der Waals surface area contributed by atoms with Gasteiger partial charge in [0, 0.05) is 11.1 Å². The Morgan fingerprint density at radius 2 is 2.53 bits per heavy atom. The minimum absolute atomic E-state index is 0.167. The normalized spacial score (nSPS) is 12.7. The average Bonchev–Trinajstić information content (AvgIpc) is 2.62. The molecule has 7 nitrogen and oxygen atoms in total. The Morgan fingerprint density at radius 3 is 3.13 bits per heavy atom. The summed E-state index contributed by atoms with van der Waals surface area (Å²) in [6.45, 7) is 0.568. The lowest BCUT2D eigenvalue weighted by molar-refractivity contribution is -0.397. The van der Waals surface area contributed by atoms with E-state index in [9.17, 15) is 15.2 Å². The minimum Gasteiger partial charge on any atom is -0.390 e. The second kappa shape index (κ2) is 5.98. The lowest BCUT2D eigenvalue weighted by Gasteiger charge is -2.09. The fraction of sp³-hybridized carbons (Fsp3) is 0.571. The molecule has 0 spiro atoms. The number of imidazole rings is 1. The van der Waals surface area contributed by atoms with Crippen LogP contribution in [0, 0.1) is 10.1 Å². The first-order valence-electron chi connectivity index (χ1n) is 4.25. The highest BCUT2D eigenvalue weighted by Gasteiger charge is 2.16. The predicted octanol–water partition coefficient (Wildman–Crippen LogP) is 0.134. The number of nitrogens with zero attached hydrogens (tertiary/aromatic N) is 3. The van der Waals surface area contributed by atoms with Gasteiger partial charge in [-0.15, -0.1) is 0 Å². The van der Waals surface area contributed by atoms with E-state index in [1.54, 1.807) is 0 Å². The molecule has 0 aromatic carbocycles. The molecular formula is C7H11IN4O3. The maximum Gasteiger partial charge on any atom is 0.434 e. The van der Waals surface area contributed by atoms with Crippen LogP contribution in [0.15, 0.2) is 12.4 Å². The van der Waals surface area contributed by atoms with Gasteiger partial charge in [-0.2, -0.15) is 0 Å². The van der Waals surface area contributed by atoms with Gasteiger partial charge < -0.3 is 20.5 Å². The van der Waals surface area contributed by atoms with E-state index in [4.69, 9.17) is 0 Å². The molecule has 0 fully saturated rings. The number of nitrogens with one attached hydrogen (secondary N) is 1. The van der Waals surface area contributed by atoms with Crippen LogP contribution < -0.4 is 5.32 Å². The lowest BCUT2D eigenvalue weighted by atomic mass is 10.3. The van der Waals surface area contributed by atoms with Gasteiger partial charge in [0.2, 0.25) is 0 Å². The average molecular weight is 326 g/mol. The number of aliphatic hydroxyl groups is 1. The first kappa shape index (κ1) is 12.3. The standard InChI is InChI=1S/C7H11IN4O3/c8-5-9-3-6(13)4-11-2-1-10-7(11)12(14)15/h1-2,6,9,13H,3-5H2. The van der Waals surface area contributed by atoms with Crippen LogP contribution in [0.4, 0.5) is 5.95 Å². The molecule has 1 aromatic heterocycles. The zero-order valence-electron chi connectivity index (χ0n) is 7.84. The Labute approximate surface area is 99.8 Å². The highest BCUT2D eigenvalue weighted by molar-refractivity contribution is 14.1. The van der Waals surface area contributed by atoms with Crippen molar-refractivity contribution < 1.29 is 10.0 Å². The van der Waals surface area contributed by atoms with Crippen LogP contribution in [0.3, 0.4) is 0 Å². The third-order valence-electron chi connectivity index (χ3n) is 1.74. The molecule has 84 valence electrons. The summed E-state index contributed by atoms with van der Waals surface area (Å²) in [5.74, 6) is -0.247. The predicted molar refractivity (Wildman–Crippen MR) is 61.8 cm³/mol. The van der Waals surface area contributed by atoms with Crippen molar-refractivity contribution in [2.75, 3.05) is 11.1 Å². The summed E-state index contributed by atoms with van der Waals surface area (Å²) < 4.78 is 2.04. The molecule has 0 aliphatic carbocycles. The zero-order chi connectivity index (χ0) is 11.3. The van der Waals surface area contributed by atoms with Crippen LogP contribution in [0.2, 0.25) is 0 Å². The molecule has 0 radical (unpaired) electrons. The van der Waals surface area contributed by atoms with E-state index in [-0.39, 0.29) is 12.5 Å². The number of hydrogen-bond acceptors (Lipinski definition) is 5. The quantitative estimate of drug-likeness (QED) is 0.255. The topological polar surface area (TPSA) is 93.2 Å². The maximum absolute atomic E-state index is 10.5. The van der Waals surface area contributed by atoms with Crippen LogP contribution in [0.25, 0.3) is 0 Å².